The Labute approximate surface area is 154 Å². The van der Waals surface area contributed by atoms with Crippen LogP contribution in [0, 0.1) is 0 Å². The number of hydrogen-bond donors (Lipinski definition) is 2. The Kier molecular flexibility index (Phi) is 6.12. The van der Waals surface area contributed by atoms with Crippen LogP contribution in [0.3, 0.4) is 0 Å². The number of likely N-dealkylation sites (tertiary alicyclic amines) is 1. The first-order valence-corrected chi connectivity index (χ1v) is 9.63. The number of urea groups is 1. The van der Waals surface area contributed by atoms with E-state index < -0.39 is 11.6 Å². The van der Waals surface area contributed by atoms with Gasteiger partial charge in [-0.3, -0.25) is 4.79 Å². The summed E-state index contributed by atoms with van der Waals surface area (Å²) in [5.41, 5.74) is -0.954. The number of nitrogens with one attached hydrogen (secondary N) is 2. The third-order valence-corrected chi connectivity index (χ3v) is 5.48. The zero-order valence-corrected chi connectivity index (χ0v) is 15.2. The highest BCUT2D eigenvalue weighted by atomic mass is 19.1. The van der Waals surface area contributed by atoms with Gasteiger partial charge in [0.2, 0.25) is 0 Å². The number of nitrogens with zero attached hydrogens (tertiary/aromatic N) is 1. The van der Waals surface area contributed by atoms with Crippen LogP contribution in [0.5, 0.6) is 0 Å². The number of carbonyl (C=O) groups excluding carboxylic acids is 2. The van der Waals surface area contributed by atoms with Crippen LogP contribution in [0.25, 0.3) is 0 Å². The molecule has 1 aromatic carbocycles. The summed E-state index contributed by atoms with van der Waals surface area (Å²) in [5, 5.41) is 5.74. The van der Waals surface area contributed by atoms with Crippen LogP contribution in [0.1, 0.15) is 50.5 Å². The predicted octanol–water partition coefficient (Wildman–Crippen LogP) is 3.15. The van der Waals surface area contributed by atoms with Gasteiger partial charge in [0.15, 0.2) is 5.67 Å². The highest BCUT2D eigenvalue weighted by Gasteiger charge is 2.42. The number of rotatable bonds is 4. The average Bonchev–Trinajstić information content (AvgIpc) is 2.68. The number of hydrogen-bond acceptors (Lipinski definition) is 2. The lowest BCUT2D eigenvalue weighted by Gasteiger charge is -2.36. The van der Waals surface area contributed by atoms with Gasteiger partial charge in [0.05, 0.1) is 0 Å². The van der Waals surface area contributed by atoms with Gasteiger partial charge in [0.1, 0.15) is 0 Å². The Hall–Kier alpha value is -2.11. The fourth-order valence-corrected chi connectivity index (χ4v) is 3.74. The Morgan fingerprint density at radius 2 is 1.73 bits per heavy atom. The molecule has 2 N–H and O–H groups in total. The maximum Gasteiger partial charge on any atom is 0.317 e. The van der Waals surface area contributed by atoms with Gasteiger partial charge in [-0.1, -0.05) is 49.6 Å². The lowest BCUT2D eigenvalue weighted by molar-refractivity contribution is -0.135. The molecule has 0 atom stereocenters. The molecule has 2 aliphatic rings. The van der Waals surface area contributed by atoms with Gasteiger partial charge in [-0.25, -0.2) is 9.18 Å². The maximum absolute atomic E-state index is 15.0. The Balaban J connectivity index is 1.45. The van der Waals surface area contributed by atoms with Crippen molar-refractivity contribution >= 4 is 11.9 Å². The smallest absolute Gasteiger partial charge is 0.317 e. The van der Waals surface area contributed by atoms with Crippen molar-refractivity contribution in [1.82, 2.24) is 15.5 Å². The highest BCUT2D eigenvalue weighted by molar-refractivity contribution is 5.85. The Morgan fingerprint density at radius 3 is 2.38 bits per heavy atom. The second-order valence-electron chi connectivity index (χ2n) is 7.41. The molecule has 5 nitrogen and oxygen atoms in total. The average molecular weight is 361 g/mol. The number of piperidine rings is 1. The van der Waals surface area contributed by atoms with E-state index >= 15 is 0 Å². The fourth-order valence-electron chi connectivity index (χ4n) is 3.74. The SMILES string of the molecule is O=C(NC1CCCCC1)N1CCC(F)(C(=O)NCc2ccccc2)CC1. The quantitative estimate of drug-likeness (QED) is 0.865. The minimum atomic E-state index is -1.89. The van der Waals surface area contributed by atoms with E-state index in [0.717, 1.165) is 31.2 Å². The molecule has 0 bridgehead atoms. The summed E-state index contributed by atoms with van der Waals surface area (Å²) in [6, 6.07) is 9.57. The van der Waals surface area contributed by atoms with Crippen molar-refractivity contribution in [3.8, 4) is 0 Å². The zero-order chi connectivity index (χ0) is 18.4. The van der Waals surface area contributed by atoms with E-state index in [2.05, 4.69) is 10.6 Å². The molecule has 0 unspecified atom stereocenters. The largest absolute Gasteiger partial charge is 0.349 e. The number of alkyl halides is 1. The molecule has 0 aromatic heterocycles. The molecule has 2 fully saturated rings. The third kappa shape index (κ3) is 4.74. The maximum atomic E-state index is 15.0. The molecule has 1 saturated heterocycles. The van der Waals surface area contributed by atoms with Gasteiger partial charge in [0.25, 0.3) is 5.91 Å². The zero-order valence-electron chi connectivity index (χ0n) is 15.2. The van der Waals surface area contributed by atoms with E-state index in [0.29, 0.717) is 6.54 Å². The number of benzene rings is 1. The van der Waals surface area contributed by atoms with Gasteiger partial charge in [-0.2, -0.15) is 0 Å². The second kappa shape index (κ2) is 8.52. The number of amides is 3. The van der Waals surface area contributed by atoms with Gasteiger partial charge < -0.3 is 15.5 Å². The van der Waals surface area contributed by atoms with Crippen LogP contribution in [0.15, 0.2) is 30.3 Å². The monoisotopic (exact) mass is 361 g/mol. The van der Waals surface area contributed by atoms with Crippen molar-refractivity contribution in [1.29, 1.82) is 0 Å². The Morgan fingerprint density at radius 1 is 1.08 bits per heavy atom. The first kappa shape index (κ1) is 18.7. The lowest BCUT2D eigenvalue weighted by atomic mass is 9.92. The minimum Gasteiger partial charge on any atom is -0.349 e. The molecule has 0 radical (unpaired) electrons. The van der Waals surface area contributed by atoms with Gasteiger partial charge in [0, 0.05) is 38.5 Å². The summed E-state index contributed by atoms with van der Waals surface area (Å²) in [4.78, 5) is 26.3. The molecule has 142 valence electrons. The lowest BCUT2D eigenvalue weighted by Crippen LogP contribution is -2.55. The molecule has 1 aromatic rings. The van der Waals surface area contributed by atoms with Crippen LogP contribution in [-0.2, 0) is 11.3 Å². The molecule has 3 amide bonds. The van der Waals surface area contributed by atoms with Crippen molar-refractivity contribution < 1.29 is 14.0 Å². The minimum absolute atomic E-state index is 0.0473. The van der Waals surface area contributed by atoms with E-state index in [1.54, 1.807) is 4.90 Å². The van der Waals surface area contributed by atoms with Crippen molar-refractivity contribution in [2.75, 3.05) is 13.1 Å². The third-order valence-electron chi connectivity index (χ3n) is 5.48. The fraction of sp³-hybridized carbons (Fsp3) is 0.600. The molecule has 0 spiro atoms. The summed E-state index contributed by atoms with van der Waals surface area (Å²) >= 11 is 0. The summed E-state index contributed by atoms with van der Waals surface area (Å²) in [6.07, 6.45) is 5.68. The summed E-state index contributed by atoms with van der Waals surface area (Å²) in [6.45, 7) is 0.860. The standard InChI is InChI=1S/C20H28FN3O2/c21-20(18(25)22-15-16-7-3-1-4-8-16)11-13-24(14-12-20)19(26)23-17-9-5-2-6-10-17/h1,3-4,7-8,17H,2,5-6,9-15H2,(H,22,25)(H,23,26). The second-order valence-corrected chi connectivity index (χ2v) is 7.41. The molecule has 3 rings (SSSR count). The van der Waals surface area contributed by atoms with E-state index in [1.807, 2.05) is 30.3 Å². The molecule has 26 heavy (non-hydrogen) atoms. The van der Waals surface area contributed by atoms with E-state index in [-0.39, 0.29) is 38.0 Å². The van der Waals surface area contributed by atoms with Crippen molar-refractivity contribution in [3.63, 3.8) is 0 Å². The molecule has 1 aliphatic carbocycles. The molecular formula is C20H28FN3O2. The van der Waals surface area contributed by atoms with Gasteiger partial charge >= 0.3 is 6.03 Å². The van der Waals surface area contributed by atoms with E-state index in [9.17, 15) is 14.0 Å². The van der Waals surface area contributed by atoms with Crippen molar-refractivity contribution in [2.45, 2.75) is 63.2 Å². The Bertz CT molecular complexity index is 609. The van der Waals surface area contributed by atoms with E-state index in [1.165, 1.54) is 6.42 Å². The van der Waals surface area contributed by atoms with Crippen molar-refractivity contribution in [3.05, 3.63) is 35.9 Å². The summed E-state index contributed by atoms with van der Waals surface area (Å²) < 4.78 is 15.0. The van der Waals surface area contributed by atoms with Crippen LogP contribution in [0.4, 0.5) is 9.18 Å². The summed E-state index contributed by atoms with van der Waals surface area (Å²) in [7, 11) is 0. The van der Waals surface area contributed by atoms with Gasteiger partial charge in [-0.05, 0) is 18.4 Å². The topological polar surface area (TPSA) is 61.4 Å². The van der Waals surface area contributed by atoms with Crippen LogP contribution in [-0.4, -0.2) is 41.6 Å². The first-order valence-electron chi connectivity index (χ1n) is 9.63. The van der Waals surface area contributed by atoms with E-state index in [4.69, 9.17) is 0 Å². The van der Waals surface area contributed by atoms with Crippen LogP contribution < -0.4 is 10.6 Å². The molecular weight excluding hydrogens is 333 g/mol. The normalized spacial score (nSPS) is 20.4. The first-order chi connectivity index (χ1) is 12.6. The van der Waals surface area contributed by atoms with Crippen LogP contribution in [0.2, 0.25) is 0 Å². The molecule has 1 heterocycles. The number of halogens is 1. The van der Waals surface area contributed by atoms with Gasteiger partial charge in [-0.15, -0.1) is 0 Å². The highest BCUT2D eigenvalue weighted by Crippen LogP contribution is 2.27. The molecule has 1 saturated carbocycles. The summed E-state index contributed by atoms with van der Waals surface area (Å²) in [5.74, 6) is -0.575. The number of carbonyl (C=O) groups is 2. The molecule has 1 aliphatic heterocycles. The van der Waals surface area contributed by atoms with Crippen LogP contribution >= 0.6 is 0 Å². The van der Waals surface area contributed by atoms with Crippen molar-refractivity contribution in [2.24, 2.45) is 0 Å². The molecule has 6 heteroatoms. The predicted molar refractivity (Wildman–Crippen MR) is 98.3 cm³/mol.